The highest BCUT2D eigenvalue weighted by Crippen LogP contribution is 2.25. The van der Waals surface area contributed by atoms with Crippen molar-refractivity contribution in [2.45, 2.75) is 6.04 Å². The third-order valence-electron chi connectivity index (χ3n) is 2.83. The van der Waals surface area contributed by atoms with Gasteiger partial charge in [0.05, 0.1) is 18.8 Å². The van der Waals surface area contributed by atoms with E-state index in [-0.39, 0.29) is 5.56 Å². The first kappa shape index (κ1) is 14.3. The van der Waals surface area contributed by atoms with E-state index in [0.717, 1.165) is 6.07 Å². The van der Waals surface area contributed by atoms with E-state index in [1.54, 1.807) is 19.2 Å². The van der Waals surface area contributed by atoms with Gasteiger partial charge >= 0.3 is 0 Å². The number of aromatic nitrogens is 2. The van der Waals surface area contributed by atoms with Crippen LogP contribution in [0.1, 0.15) is 17.3 Å². The van der Waals surface area contributed by atoms with E-state index in [0.29, 0.717) is 11.6 Å². The number of nitrogens with one attached hydrogen (secondary N) is 1. The molecule has 0 radical (unpaired) electrons. The Hall–Kier alpha value is -2.15. The Morgan fingerprint density at radius 2 is 1.80 bits per heavy atom. The van der Waals surface area contributed by atoms with Gasteiger partial charge in [-0.15, -0.1) is 10.2 Å². The zero-order chi connectivity index (χ0) is 14.7. The maximum Gasteiger partial charge on any atom is 0.233 e. The molecule has 0 aliphatic heterocycles. The van der Waals surface area contributed by atoms with Gasteiger partial charge in [-0.1, -0.05) is 6.07 Å². The maximum absolute atomic E-state index is 13.8. The van der Waals surface area contributed by atoms with Crippen LogP contribution in [0.25, 0.3) is 0 Å². The van der Waals surface area contributed by atoms with Crippen molar-refractivity contribution in [3.8, 4) is 5.88 Å². The van der Waals surface area contributed by atoms with Gasteiger partial charge in [0.1, 0.15) is 0 Å². The fourth-order valence-electron chi connectivity index (χ4n) is 1.82. The van der Waals surface area contributed by atoms with E-state index in [9.17, 15) is 13.2 Å². The topological polar surface area (TPSA) is 47.0 Å². The summed E-state index contributed by atoms with van der Waals surface area (Å²) in [4.78, 5) is 0. The smallest absolute Gasteiger partial charge is 0.233 e. The van der Waals surface area contributed by atoms with E-state index in [1.165, 1.54) is 13.2 Å². The Morgan fingerprint density at radius 1 is 1.05 bits per heavy atom. The van der Waals surface area contributed by atoms with Crippen LogP contribution in [0, 0.1) is 17.5 Å². The number of ether oxygens (including phenoxy) is 1. The Bertz CT molecular complexity index is 605. The van der Waals surface area contributed by atoms with E-state index in [1.807, 2.05) is 0 Å². The fraction of sp³-hybridized carbons (Fsp3) is 0.231. The standard InChI is InChI=1S/C13H12F3N3O/c1-17-13(9-5-6-10(20-2)19-18-9)7-3-4-8(14)12(16)11(7)15/h3-6,13,17H,1-2H3. The SMILES string of the molecule is CNC(c1ccc(OC)nn1)c1ccc(F)c(F)c1F. The van der Waals surface area contributed by atoms with Crippen molar-refractivity contribution in [3.63, 3.8) is 0 Å². The molecule has 106 valence electrons. The van der Waals surface area contributed by atoms with Crippen molar-refractivity contribution in [1.82, 2.24) is 15.5 Å². The average molecular weight is 283 g/mol. The molecule has 1 aromatic carbocycles. The minimum Gasteiger partial charge on any atom is -0.480 e. The van der Waals surface area contributed by atoms with Gasteiger partial charge in [-0.3, -0.25) is 0 Å². The van der Waals surface area contributed by atoms with Crippen LogP contribution >= 0.6 is 0 Å². The number of benzene rings is 1. The van der Waals surface area contributed by atoms with Crippen LogP contribution in [0.5, 0.6) is 5.88 Å². The number of hydrogen-bond donors (Lipinski definition) is 1. The van der Waals surface area contributed by atoms with Gasteiger partial charge in [-0.25, -0.2) is 13.2 Å². The van der Waals surface area contributed by atoms with Crippen LogP contribution in [0.2, 0.25) is 0 Å². The molecule has 0 bridgehead atoms. The van der Waals surface area contributed by atoms with Gasteiger partial charge in [0, 0.05) is 11.6 Å². The highest BCUT2D eigenvalue weighted by Gasteiger charge is 2.22. The molecule has 2 rings (SSSR count). The van der Waals surface area contributed by atoms with E-state index in [2.05, 4.69) is 15.5 Å². The highest BCUT2D eigenvalue weighted by atomic mass is 19.2. The average Bonchev–Trinajstić information content (AvgIpc) is 2.48. The molecule has 0 saturated carbocycles. The molecule has 20 heavy (non-hydrogen) atoms. The second-order valence-corrected chi connectivity index (χ2v) is 3.99. The summed E-state index contributed by atoms with van der Waals surface area (Å²) in [5.74, 6) is -3.69. The second-order valence-electron chi connectivity index (χ2n) is 3.99. The van der Waals surface area contributed by atoms with Gasteiger partial charge in [-0.2, -0.15) is 0 Å². The summed E-state index contributed by atoms with van der Waals surface area (Å²) >= 11 is 0. The summed E-state index contributed by atoms with van der Waals surface area (Å²) < 4.78 is 44.9. The molecule has 2 aromatic rings. The Labute approximate surface area is 113 Å². The Balaban J connectivity index is 2.44. The summed E-state index contributed by atoms with van der Waals surface area (Å²) in [6, 6.07) is 4.40. The molecule has 1 N–H and O–H groups in total. The first-order valence-electron chi connectivity index (χ1n) is 5.76. The summed E-state index contributed by atoms with van der Waals surface area (Å²) in [7, 11) is 2.99. The molecule has 1 unspecified atom stereocenters. The van der Waals surface area contributed by atoms with Gasteiger partial charge in [0.15, 0.2) is 17.5 Å². The molecule has 7 heteroatoms. The predicted molar refractivity (Wildman–Crippen MR) is 65.8 cm³/mol. The summed E-state index contributed by atoms with van der Waals surface area (Å²) in [5.41, 5.74) is 0.309. The van der Waals surface area contributed by atoms with Crippen LogP contribution in [0.15, 0.2) is 24.3 Å². The molecule has 0 aliphatic rings. The van der Waals surface area contributed by atoms with Crippen molar-refractivity contribution in [2.24, 2.45) is 0 Å². The van der Waals surface area contributed by atoms with Crippen molar-refractivity contribution in [3.05, 3.63) is 53.0 Å². The summed E-state index contributed by atoms with van der Waals surface area (Å²) in [5, 5.41) is 10.4. The maximum atomic E-state index is 13.8. The first-order valence-corrected chi connectivity index (χ1v) is 5.76. The normalized spacial score (nSPS) is 12.2. The molecule has 0 aliphatic carbocycles. The molecule has 0 amide bonds. The second kappa shape index (κ2) is 5.87. The molecule has 4 nitrogen and oxygen atoms in total. The monoisotopic (exact) mass is 283 g/mol. The van der Waals surface area contributed by atoms with Crippen molar-refractivity contribution in [1.29, 1.82) is 0 Å². The molecular weight excluding hydrogens is 271 g/mol. The van der Waals surface area contributed by atoms with Gasteiger partial charge in [0.2, 0.25) is 5.88 Å². The molecule has 1 atom stereocenters. The van der Waals surface area contributed by atoms with Crippen molar-refractivity contribution >= 4 is 0 Å². The molecule has 1 aromatic heterocycles. The molecule has 0 spiro atoms. The lowest BCUT2D eigenvalue weighted by molar-refractivity contribution is 0.390. The number of hydrogen-bond acceptors (Lipinski definition) is 4. The summed E-state index contributed by atoms with van der Waals surface area (Å²) in [6.07, 6.45) is 0. The van der Waals surface area contributed by atoms with Gasteiger partial charge in [-0.05, 0) is 19.2 Å². The summed E-state index contributed by atoms with van der Waals surface area (Å²) in [6.45, 7) is 0. The van der Waals surface area contributed by atoms with Crippen LogP contribution in [0.4, 0.5) is 13.2 Å². The van der Waals surface area contributed by atoms with Gasteiger partial charge < -0.3 is 10.1 Å². The lowest BCUT2D eigenvalue weighted by atomic mass is 10.0. The largest absolute Gasteiger partial charge is 0.480 e. The third-order valence-corrected chi connectivity index (χ3v) is 2.83. The lowest BCUT2D eigenvalue weighted by Crippen LogP contribution is -2.21. The first-order chi connectivity index (χ1) is 9.58. The van der Waals surface area contributed by atoms with Crippen molar-refractivity contribution in [2.75, 3.05) is 14.2 Å². The number of methoxy groups -OCH3 is 1. The number of rotatable bonds is 4. The van der Waals surface area contributed by atoms with Crippen LogP contribution in [-0.4, -0.2) is 24.4 Å². The van der Waals surface area contributed by atoms with Gasteiger partial charge in [0.25, 0.3) is 0 Å². The molecular formula is C13H12F3N3O. The lowest BCUT2D eigenvalue weighted by Gasteiger charge is -2.16. The molecule has 1 heterocycles. The van der Waals surface area contributed by atoms with Crippen LogP contribution in [0.3, 0.4) is 0 Å². The minimum atomic E-state index is -1.51. The Morgan fingerprint density at radius 3 is 2.35 bits per heavy atom. The molecule has 0 saturated heterocycles. The van der Waals surface area contributed by atoms with E-state index in [4.69, 9.17) is 4.74 Å². The molecule has 0 fully saturated rings. The van der Waals surface area contributed by atoms with Crippen molar-refractivity contribution < 1.29 is 17.9 Å². The van der Waals surface area contributed by atoms with E-state index < -0.39 is 23.5 Å². The highest BCUT2D eigenvalue weighted by molar-refractivity contribution is 5.30. The van der Waals surface area contributed by atoms with Crippen LogP contribution < -0.4 is 10.1 Å². The fourth-order valence-corrected chi connectivity index (χ4v) is 1.82. The number of halogens is 3. The number of nitrogens with zero attached hydrogens (tertiary/aromatic N) is 2. The van der Waals surface area contributed by atoms with E-state index >= 15 is 0 Å². The Kier molecular flexibility index (Phi) is 4.19. The zero-order valence-corrected chi connectivity index (χ0v) is 10.8. The zero-order valence-electron chi connectivity index (χ0n) is 10.8. The predicted octanol–water partition coefficient (Wildman–Crippen LogP) is 2.21. The third kappa shape index (κ3) is 2.57. The minimum absolute atomic E-state index is 0.0501. The quantitative estimate of drug-likeness (QED) is 0.874. The van der Waals surface area contributed by atoms with Crippen LogP contribution in [-0.2, 0) is 0 Å².